The highest BCUT2D eigenvalue weighted by Crippen LogP contribution is 2.23. The normalized spacial score (nSPS) is 10.8. The fraction of sp³-hybridized carbons (Fsp3) is 0.0455. The first kappa shape index (κ1) is 17.6. The Labute approximate surface area is 160 Å². The van der Waals surface area contributed by atoms with Gasteiger partial charge in [0.05, 0.1) is 6.54 Å². The van der Waals surface area contributed by atoms with E-state index in [0.29, 0.717) is 11.3 Å². The van der Waals surface area contributed by atoms with Crippen molar-refractivity contribution in [1.82, 2.24) is 9.78 Å². The van der Waals surface area contributed by atoms with Crippen molar-refractivity contribution >= 4 is 22.4 Å². The van der Waals surface area contributed by atoms with Gasteiger partial charge in [-0.2, -0.15) is 5.10 Å². The molecule has 4 rings (SSSR count). The molecule has 0 fully saturated rings. The molecule has 0 unspecified atom stereocenters. The lowest BCUT2D eigenvalue weighted by Crippen LogP contribution is -2.26. The van der Waals surface area contributed by atoms with E-state index in [9.17, 15) is 14.0 Å². The quantitative estimate of drug-likeness (QED) is 0.591. The molecule has 0 radical (unpaired) electrons. The maximum atomic E-state index is 13.4. The third-order valence-electron chi connectivity index (χ3n) is 4.36. The molecule has 3 aromatic carbocycles. The Morgan fingerprint density at radius 1 is 0.964 bits per heavy atom. The number of hydrogen-bond acceptors (Lipinski definition) is 3. The van der Waals surface area contributed by atoms with Gasteiger partial charge >= 0.3 is 0 Å². The molecule has 138 valence electrons. The molecule has 0 aliphatic heterocycles. The van der Waals surface area contributed by atoms with E-state index >= 15 is 0 Å². The predicted octanol–water partition coefficient (Wildman–Crippen LogP) is 3.84. The number of amides is 1. The summed E-state index contributed by atoms with van der Waals surface area (Å²) < 4.78 is 14.5. The molecule has 0 atom stereocenters. The minimum Gasteiger partial charge on any atom is -0.320 e. The number of anilines is 1. The van der Waals surface area contributed by atoms with Crippen LogP contribution in [0.1, 0.15) is 16.1 Å². The van der Waals surface area contributed by atoms with Crippen LogP contribution in [0.3, 0.4) is 0 Å². The second-order valence-corrected chi connectivity index (χ2v) is 6.33. The highest BCUT2D eigenvalue weighted by atomic mass is 19.1. The van der Waals surface area contributed by atoms with Gasteiger partial charge in [-0.3, -0.25) is 9.59 Å². The molecule has 1 aromatic heterocycles. The van der Waals surface area contributed by atoms with E-state index in [0.717, 1.165) is 15.5 Å². The van der Waals surface area contributed by atoms with E-state index in [1.807, 2.05) is 42.5 Å². The summed E-state index contributed by atoms with van der Waals surface area (Å²) in [5, 5.41) is 8.90. The van der Waals surface area contributed by atoms with Gasteiger partial charge in [-0.05, 0) is 35.2 Å². The molecule has 0 bridgehead atoms. The molecule has 1 heterocycles. The number of carbonyl (C=O) groups excluding carboxylic acids is 1. The van der Waals surface area contributed by atoms with Crippen molar-refractivity contribution in [1.29, 1.82) is 0 Å². The third-order valence-corrected chi connectivity index (χ3v) is 4.36. The van der Waals surface area contributed by atoms with E-state index in [1.165, 1.54) is 24.3 Å². The van der Waals surface area contributed by atoms with Gasteiger partial charge in [0, 0.05) is 17.1 Å². The first-order valence-electron chi connectivity index (χ1n) is 8.72. The second-order valence-electron chi connectivity index (χ2n) is 6.33. The molecule has 0 saturated carbocycles. The van der Waals surface area contributed by atoms with Crippen LogP contribution >= 0.6 is 0 Å². The summed E-state index contributed by atoms with van der Waals surface area (Å²) in [7, 11) is 0. The van der Waals surface area contributed by atoms with E-state index in [1.54, 1.807) is 12.1 Å². The minimum absolute atomic E-state index is 0.0754. The maximum Gasteiger partial charge on any atom is 0.276 e. The van der Waals surface area contributed by atoms with Crippen molar-refractivity contribution < 1.29 is 9.18 Å². The smallest absolute Gasteiger partial charge is 0.276 e. The highest BCUT2D eigenvalue weighted by Gasteiger charge is 2.12. The standard InChI is InChI=1S/C22H16FN3O2/c23-17-8-3-5-15(13-17)14-26-21(27)12-11-20(25-26)22(28)24-19-10-4-7-16-6-1-2-9-18(16)19/h1-13H,14H2,(H,24,28). The number of nitrogens with zero attached hydrogens (tertiary/aromatic N) is 2. The van der Waals surface area contributed by atoms with Crippen molar-refractivity contribution in [3.05, 3.63) is 106 Å². The third kappa shape index (κ3) is 3.66. The predicted molar refractivity (Wildman–Crippen MR) is 106 cm³/mol. The Morgan fingerprint density at radius 2 is 1.75 bits per heavy atom. The average Bonchev–Trinajstić information content (AvgIpc) is 2.70. The molecule has 1 N–H and O–H groups in total. The number of nitrogens with one attached hydrogen (secondary N) is 1. The van der Waals surface area contributed by atoms with Crippen LogP contribution in [0.15, 0.2) is 83.7 Å². The SMILES string of the molecule is O=C(Nc1cccc2ccccc12)c1ccc(=O)n(Cc2cccc(F)c2)n1. The van der Waals surface area contributed by atoms with Crippen LogP contribution in [0.25, 0.3) is 10.8 Å². The van der Waals surface area contributed by atoms with Gasteiger partial charge in [-0.25, -0.2) is 9.07 Å². The van der Waals surface area contributed by atoms with Gasteiger partial charge in [0.2, 0.25) is 0 Å². The number of aromatic nitrogens is 2. The second kappa shape index (κ2) is 7.44. The molecule has 1 amide bonds. The fourth-order valence-electron chi connectivity index (χ4n) is 3.01. The van der Waals surface area contributed by atoms with Crippen LogP contribution < -0.4 is 10.9 Å². The van der Waals surface area contributed by atoms with Gasteiger partial charge in [0.1, 0.15) is 11.5 Å². The first-order chi connectivity index (χ1) is 13.6. The molecule has 0 spiro atoms. The zero-order valence-electron chi connectivity index (χ0n) is 14.8. The van der Waals surface area contributed by atoms with Crippen LogP contribution in [0.2, 0.25) is 0 Å². The van der Waals surface area contributed by atoms with Gasteiger partial charge in [-0.15, -0.1) is 0 Å². The Bertz CT molecular complexity index is 1230. The topological polar surface area (TPSA) is 64.0 Å². The number of carbonyl (C=O) groups is 1. The monoisotopic (exact) mass is 373 g/mol. The van der Waals surface area contributed by atoms with Crippen molar-refractivity contribution in [2.75, 3.05) is 5.32 Å². The number of rotatable bonds is 4. The lowest BCUT2D eigenvalue weighted by atomic mass is 10.1. The number of halogens is 1. The molecular weight excluding hydrogens is 357 g/mol. The lowest BCUT2D eigenvalue weighted by molar-refractivity contribution is 0.102. The molecule has 0 aliphatic carbocycles. The van der Waals surface area contributed by atoms with E-state index in [-0.39, 0.29) is 17.8 Å². The Hall–Kier alpha value is -3.80. The fourth-order valence-corrected chi connectivity index (χ4v) is 3.01. The van der Waals surface area contributed by atoms with Crippen molar-refractivity contribution in [3.63, 3.8) is 0 Å². The van der Waals surface area contributed by atoms with Crippen LogP contribution in [-0.4, -0.2) is 15.7 Å². The van der Waals surface area contributed by atoms with Gasteiger partial charge in [0.25, 0.3) is 11.5 Å². The number of fused-ring (bicyclic) bond motifs is 1. The van der Waals surface area contributed by atoms with Gasteiger partial charge in [0.15, 0.2) is 0 Å². The van der Waals surface area contributed by atoms with Crippen LogP contribution in [0, 0.1) is 5.82 Å². The Morgan fingerprint density at radius 3 is 2.61 bits per heavy atom. The first-order valence-corrected chi connectivity index (χ1v) is 8.72. The van der Waals surface area contributed by atoms with Crippen molar-refractivity contribution in [2.45, 2.75) is 6.54 Å². The molecule has 5 nitrogen and oxygen atoms in total. The zero-order chi connectivity index (χ0) is 19.5. The van der Waals surface area contributed by atoms with E-state index < -0.39 is 11.7 Å². The molecule has 0 saturated heterocycles. The summed E-state index contributed by atoms with van der Waals surface area (Å²) in [6.45, 7) is 0.0754. The summed E-state index contributed by atoms with van der Waals surface area (Å²) in [6.07, 6.45) is 0. The van der Waals surface area contributed by atoms with Crippen LogP contribution in [0.4, 0.5) is 10.1 Å². The summed E-state index contributed by atoms with van der Waals surface area (Å²) in [6, 6.07) is 21.9. The Balaban J connectivity index is 1.62. The largest absolute Gasteiger partial charge is 0.320 e. The zero-order valence-corrected chi connectivity index (χ0v) is 14.8. The summed E-state index contributed by atoms with van der Waals surface area (Å²) in [5.41, 5.74) is 0.976. The van der Waals surface area contributed by atoms with Crippen LogP contribution in [-0.2, 0) is 6.54 Å². The van der Waals surface area contributed by atoms with E-state index in [2.05, 4.69) is 10.4 Å². The maximum absolute atomic E-state index is 13.4. The van der Waals surface area contributed by atoms with Gasteiger partial charge < -0.3 is 5.32 Å². The molecular formula is C22H16FN3O2. The number of hydrogen-bond donors (Lipinski definition) is 1. The van der Waals surface area contributed by atoms with Crippen LogP contribution in [0.5, 0.6) is 0 Å². The van der Waals surface area contributed by atoms with Crippen molar-refractivity contribution in [2.24, 2.45) is 0 Å². The highest BCUT2D eigenvalue weighted by molar-refractivity contribution is 6.08. The summed E-state index contributed by atoms with van der Waals surface area (Å²) >= 11 is 0. The van der Waals surface area contributed by atoms with Crippen molar-refractivity contribution in [3.8, 4) is 0 Å². The minimum atomic E-state index is -0.427. The van der Waals surface area contributed by atoms with E-state index in [4.69, 9.17) is 0 Å². The molecule has 6 heteroatoms. The summed E-state index contributed by atoms with van der Waals surface area (Å²) in [5.74, 6) is -0.820. The average molecular weight is 373 g/mol. The molecule has 0 aliphatic rings. The Kier molecular flexibility index (Phi) is 4.68. The van der Waals surface area contributed by atoms with Gasteiger partial charge in [-0.1, -0.05) is 48.5 Å². The lowest BCUT2D eigenvalue weighted by Gasteiger charge is -2.10. The summed E-state index contributed by atoms with van der Waals surface area (Å²) in [4.78, 5) is 24.8. The molecule has 28 heavy (non-hydrogen) atoms. The number of benzene rings is 3. The molecule has 4 aromatic rings.